The molecule has 14 heteroatoms. The number of hydrogen-bond acceptors (Lipinski definition) is 13. The maximum atomic E-state index is 13.4. The lowest BCUT2D eigenvalue weighted by Crippen LogP contribution is -2.65. The van der Waals surface area contributed by atoms with Crippen LogP contribution in [0.5, 0.6) is 0 Å². The molecule has 12 unspecified atom stereocenters. The van der Waals surface area contributed by atoms with Gasteiger partial charge in [0.1, 0.15) is 48.8 Å². The first-order chi connectivity index (χ1) is 44.6. The zero-order chi connectivity index (χ0) is 65.9. The van der Waals surface area contributed by atoms with Gasteiger partial charge in [0.15, 0.2) is 12.6 Å². The molecule has 91 heavy (non-hydrogen) atoms. The number of ether oxygens (including phenoxy) is 4. The molecule has 0 bridgehead atoms. The van der Waals surface area contributed by atoms with E-state index in [2.05, 4.69) is 104 Å². The zero-order valence-electron chi connectivity index (χ0n) is 57.3. The Morgan fingerprint density at radius 3 is 1.21 bits per heavy atom. The number of hydrogen-bond donors (Lipinski definition) is 9. The molecule has 0 spiro atoms. The van der Waals surface area contributed by atoms with Gasteiger partial charge in [0, 0.05) is 6.42 Å². The van der Waals surface area contributed by atoms with Crippen molar-refractivity contribution in [3.8, 4) is 0 Å². The maximum absolute atomic E-state index is 13.4. The molecular formula is C77H135NO13. The van der Waals surface area contributed by atoms with Crippen LogP contribution in [-0.2, 0) is 23.7 Å². The summed E-state index contributed by atoms with van der Waals surface area (Å²) >= 11 is 0. The molecule has 2 rings (SSSR count). The van der Waals surface area contributed by atoms with Crippen molar-refractivity contribution >= 4 is 5.91 Å². The molecule has 0 aromatic rings. The molecule has 1 amide bonds. The minimum Gasteiger partial charge on any atom is -0.394 e. The number of nitrogens with one attached hydrogen (secondary N) is 1. The Morgan fingerprint density at radius 2 is 0.769 bits per heavy atom. The fourth-order valence-corrected chi connectivity index (χ4v) is 11.7. The van der Waals surface area contributed by atoms with E-state index in [9.17, 15) is 45.6 Å². The molecule has 0 aliphatic carbocycles. The van der Waals surface area contributed by atoms with Gasteiger partial charge in [0.25, 0.3) is 0 Å². The van der Waals surface area contributed by atoms with E-state index < -0.39 is 86.8 Å². The van der Waals surface area contributed by atoms with Crippen LogP contribution < -0.4 is 5.32 Å². The smallest absolute Gasteiger partial charge is 0.220 e. The predicted molar refractivity (Wildman–Crippen MR) is 373 cm³/mol. The van der Waals surface area contributed by atoms with Crippen molar-refractivity contribution in [3.63, 3.8) is 0 Å². The highest BCUT2D eigenvalue weighted by Gasteiger charge is 2.51. The molecule has 0 radical (unpaired) electrons. The van der Waals surface area contributed by atoms with Crippen molar-refractivity contribution in [3.05, 3.63) is 97.2 Å². The Labute approximate surface area is 553 Å². The van der Waals surface area contributed by atoms with E-state index in [-0.39, 0.29) is 18.9 Å². The molecule has 9 N–H and O–H groups in total. The van der Waals surface area contributed by atoms with Crippen LogP contribution in [0.15, 0.2) is 97.2 Å². The Balaban J connectivity index is 1.66. The first-order valence-corrected chi connectivity index (χ1v) is 37.0. The van der Waals surface area contributed by atoms with Crippen molar-refractivity contribution in [2.45, 2.75) is 364 Å². The standard InChI is InChI=1S/C77H135NO13/c1-3-5-7-9-11-13-15-17-19-21-23-25-27-29-30-31-32-33-34-35-36-37-39-41-43-45-47-49-51-53-55-57-59-61-69(82)78-65(64-88-76-74(87)72(85)75(68(63-80)90-76)91-77-73(86)71(84)70(83)67(62-79)89-77)66(81)60-58-56-54-52-50-48-46-44-42-40-38-28-26-24-22-20-18-16-14-12-10-8-6-4-2/h5,7,11,13,17,19,23,25,29-30,32-33,50,52,58,60,65-68,70-77,79-81,83-87H,3-4,6,8-10,12,14-16,18,20-22,24,26-28,31,34-49,51,53-57,59,61-64H2,1-2H3,(H,78,82)/b7-5-,13-11-,19-17-,25-23-,30-29-,33-32-,52-50+,60-58+. The van der Waals surface area contributed by atoms with Crippen molar-refractivity contribution in [1.29, 1.82) is 0 Å². The number of carbonyl (C=O) groups is 1. The highest BCUT2D eigenvalue weighted by Crippen LogP contribution is 2.30. The fourth-order valence-electron chi connectivity index (χ4n) is 11.7. The third kappa shape index (κ3) is 44.3. The van der Waals surface area contributed by atoms with Crippen LogP contribution in [0.3, 0.4) is 0 Å². The van der Waals surface area contributed by atoms with E-state index in [4.69, 9.17) is 18.9 Å². The molecule has 0 aromatic carbocycles. The second-order valence-corrected chi connectivity index (χ2v) is 25.7. The van der Waals surface area contributed by atoms with Gasteiger partial charge in [-0.2, -0.15) is 0 Å². The van der Waals surface area contributed by atoms with Gasteiger partial charge in [0.05, 0.1) is 32.0 Å². The third-order valence-electron chi connectivity index (χ3n) is 17.5. The number of allylic oxidation sites excluding steroid dienone is 15. The summed E-state index contributed by atoms with van der Waals surface area (Å²) in [4.78, 5) is 13.4. The van der Waals surface area contributed by atoms with Crippen LogP contribution in [0.25, 0.3) is 0 Å². The monoisotopic (exact) mass is 1280 g/mol. The summed E-state index contributed by atoms with van der Waals surface area (Å²) in [6.07, 6.45) is 68.9. The summed E-state index contributed by atoms with van der Waals surface area (Å²) in [5.41, 5.74) is 0. The maximum Gasteiger partial charge on any atom is 0.220 e. The van der Waals surface area contributed by atoms with Crippen LogP contribution in [0, 0.1) is 0 Å². The molecule has 526 valence electrons. The van der Waals surface area contributed by atoms with E-state index in [1.807, 2.05) is 6.08 Å². The van der Waals surface area contributed by atoms with E-state index in [0.717, 1.165) is 70.6 Å². The lowest BCUT2D eigenvalue weighted by atomic mass is 9.97. The molecule has 2 saturated heterocycles. The number of aliphatic hydroxyl groups is 8. The Kier molecular flexibility index (Phi) is 55.9. The molecule has 0 aromatic heterocycles. The van der Waals surface area contributed by atoms with E-state index in [0.29, 0.717) is 12.8 Å². The van der Waals surface area contributed by atoms with Gasteiger partial charge in [0.2, 0.25) is 5.91 Å². The predicted octanol–water partition coefficient (Wildman–Crippen LogP) is 15.7. The number of amides is 1. The molecule has 2 fully saturated rings. The molecule has 12 atom stereocenters. The molecule has 2 aliphatic rings. The van der Waals surface area contributed by atoms with Gasteiger partial charge >= 0.3 is 0 Å². The third-order valence-corrected chi connectivity index (χ3v) is 17.5. The van der Waals surface area contributed by atoms with Gasteiger partial charge in [-0.3, -0.25) is 4.79 Å². The number of carbonyl (C=O) groups excluding carboxylic acids is 1. The second kappa shape index (κ2) is 60.6. The average molecular weight is 1280 g/mol. The summed E-state index contributed by atoms with van der Waals surface area (Å²) < 4.78 is 22.9. The van der Waals surface area contributed by atoms with Crippen molar-refractivity contribution in [2.24, 2.45) is 0 Å². The number of unbranched alkanes of at least 4 members (excludes halogenated alkanes) is 33. The van der Waals surface area contributed by atoms with Crippen molar-refractivity contribution in [2.75, 3.05) is 19.8 Å². The average Bonchev–Trinajstić information content (AvgIpc) is 1.28. The van der Waals surface area contributed by atoms with Crippen LogP contribution in [0.2, 0.25) is 0 Å². The van der Waals surface area contributed by atoms with Crippen LogP contribution in [0.1, 0.15) is 290 Å². The largest absolute Gasteiger partial charge is 0.394 e. The first-order valence-electron chi connectivity index (χ1n) is 37.0. The van der Waals surface area contributed by atoms with Crippen LogP contribution in [0.4, 0.5) is 0 Å². The minimum atomic E-state index is -1.80. The first kappa shape index (κ1) is 84.0. The quantitative estimate of drug-likeness (QED) is 0.0204. The summed E-state index contributed by atoms with van der Waals surface area (Å²) in [6, 6.07) is -0.938. The highest BCUT2D eigenvalue weighted by molar-refractivity contribution is 5.76. The Hall–Kier alpha value is -3.09. The van der Waals surface area contributed by atoms with Crippen molar-refractivity contribution < 1.29 is 64.6 Å². The Morgan fingerprint density at radius 1 is 0.407 bits per heavy atom. The lowest BCUT2D eigenvalue weighted by Gasteiger charge is -2.46. The summed E-state index contributed by atoms with van der Waals surface area (Å²) in [6.45, 7) is 2.70. The highest BCUT2D eigenvalue weighted by atomic mass is 16.7. The van der Waals surface area contributed by atoms with Gasteiger partial charge in [-0.05, 0) is 83.5 Å². The van der Waals surface area contributed by atoms with E-state index >= 15 is 0 Å². The van der Waals surface area contributed by atoms with E-state index in [1.165, 1.54) is 186 Å². The van der Waals surface area contributed by atoms with E-state index in [1.54, 1.807) is 6.08 Å². The normalized spacial score (nSPS) is 23.4. The van der Waals surface area contributed by atoms with Gasteiger partial charge < -0.3 is 65.1 Å². The molecule has 2 heterocycles. The fraction of sp³-hybridized carbons (Fsp3) is 0.779. The molecule has 2 aliphatic heterocycles. The molecule has 14 nitrogen and oxygen atoms in total. The molecule has 0 saturated carbocycles. The van der Waals surface area contributed by atoms with Crippen LogP contribution in [-0.4, -0.2) is 140 Å². The second-order valence-electron chi connectivity index (χ2n) is 25.7. The SMILES string of the molecule is CC/C=C\C/C=C\C/C=C\C/C=C\C/C=C\C/C=C\CCCCCCCCCCCCCCCCC(=O)NC(COC1OC(CO)C(OC2OC(CO)C(O)C(O)C2O)C(O)C1O)C(O)/C=C/CC/C=C/CCCCCCCCCCCCCCCCCCCC. The summed E-state index contributed by atoms with van der Waals surface area (Å²) in [5, 5.41) is 87.5. The van der Waals surface area contributed by atoms with Crippen LogP contribution >= 0.6 is 0 Å². The Bertz CT molecular complexity index is 1900. The van der Waals surface area contributed by atoms with Crippen molar-refractivity contribution in [1.82, 2.24) is 5.32 Å². The number of aliphatic hydroxyl groups excluding tert-OH is 8. The van der Waals surface area contributed by atoms with Gasteiger partial charge in [-0.15, -0.1) is 0 Å². The lowest BCUT2D eigenvalue weighted by molar-refractivity contribution is -0.359. The topological polar surface area (TPSA) is 228 Å². The minimum absolute atomic E-state index is 0.250. The number of rotatable bonds is 60. The summed E-state index contributed by atoms with van der Waals surface area (Å²) in [7, 11) is 0. The zero-order valence-corrected chi connectivity index (χ0v) is 57.3. The van der Waals surface area contributed by atoms with Gasteiger partial charge in [-0.25, -0.2) is 0 Å². The van der Waals surface area contributed by atoms with Gasteiger partial charge in [-0.1, -0.05) is 297 Å². The molecular weight excluding hydrogens is 1150 g/mol. The summed E-state index contributed by atoms with van der Waals surface area (Å²) in [5.74, 6) is -0.250.